The summed E-state index contributed by atoms with van der Waals surface area (Å²) in [5, 5.41) is 0. The Bertz CT molecular complexity index is 765. The quantitative estimate of drug-likeness (QED) is 0.775. The van der Waals surface area contributed by atoms with E-state index < -0.39 is 0 Å². The van der Waals surface area contributed by atoms with Crippen molar-refractivity contribution in [2.45, 2.75) is 6.92 Å². The molecule has 0 aliphatic carbocycles. The second-order valence-electron chi connectivity index (χ2n) is 4.88. The van der Waals surface area contributed by atoms with Gasteiger partial charge in [0.1, 0.15) is 11.6 Å². The van der Waals surface area contributed by atoms with Gasteiger partial charge < -0.3 is 5.73 Å². The maximum atomic E-state index is 13.6. The normalized spacial score (nSPS) is 10.6. The van der Waals surface area contributed by atoms with Gasteiger partial charge in [0, 0.05) is 17.2 Å². The molecule has 0 saturated heterocycles. The Kier molecular flexibility index (Phi) is 3.36. The Morgan fingerprint density at radius 1 is 0.905 bits per heavy atom. The van der Waals surface area contributed by atoms with E-state index in [2.05, 4.69) is 9.97 Å². The maximum absolute atomic E-state index is 13.6. The first-order chi connectivity index (χ1) is 10.1. The number of aryl methyl sites for hydroxylation is 1. The summed E-state index contributed by atoms with van der Waals surface area (Å²) < 4.78 is 13.6. The molecule has 0 atom stereocenters. The molecule has 21 heavy (non-hydrogen) atoms. The van der Waals surface area contributed by atoms with E-state index in [4.69, 9.17) is 5.73 Å². The average molecular weight is 279 g/mol. The van der Waals surface area contributed by atoms with Crippen LogP contribution in [0.4, 0.5) is 10.2 Å². The van der Waals surface area contributed by atoms with Crippen molar-refractivity contribution in [2.75, 3.05) is 5.73 Å². The lowest BCUT2D eigenvalue weighted by molar-refractivity contribution is 0.627. The van der Waals surface area contributed by atoms with Crippen LogP contribution in [0.2, 0.25) is 0 Å². The number of hydrogen-bond acceptors (Lipinski definition) is 3. The number of nitrogen functional groups attached to an aromatic ring is 1. The molecule has 0 aliphatic rings. The molecular weight excluding hydrogens is 265 g/mol. The Labute approximate surface area is 122 Å². The number of hydrogen-bond donors (Lipinski definition) is 1. The summed E-state index contributed by atoms with van der Waals surface area (Å²) in [5.41, 5.74) is 8.88. The Hall–Kier alpha value is -2.75. The second-order valence-corrected chi connectivity index (χ2v) is 4.88. The fourth-order valence-electron chi connectivity index (χ4n) is 2.21. The zero-order chi connectivity index (χ0) is 14.8. The van der Waals surface area contributed by atoms with E-state index in [9.17, 15) is 4.39 Å². The molecule has 0 saturated carbocycles. The summed E-state index contributed by atoms with van der Waals surface area (Å²) in [6.45, 7) is 1.84. The average Bonchev–Trinajstić information content (AvgIpc) is 2.46. The molecule has 0 bridgehead atoms. The third-order valence-corrected chi connectivity index (χ3v) is 3.12. The van der Waals surface area contributed by atoms with Gasteiger partial charge in [0.2, 0.25) is 0 Å². The minimum Gasteiger partial charge on any atom is -0.384 e. The van der Waals surface area contributed by atoms with Gasteiger partial charge >= 0.3 is 0 Å². The fraction of sp³-hybridized carbons (Fsp3) is 0.0588. The minimum absolute atomic E-state index is 0.288. The topological polar surface area (TPSA) is 51.8 Å². The highest BCUT2D eigenvalue weighted by Crippen LogP contribution is 2.24. The smallest absolute Gasteiger partial charge is 0.162 e. The molecule has 0 amide bonds. The van der Waals surface area contributed by atoms with Crippen LogP contribution in [0.5, 0.6) is 0 Å². The van der Waals surface area contributed by atoms with Crippen LogP contribution in [-0.4, -0.2) is 9.97 Å². The van der Waals surface area contributed by atoms with Crippen molar-refractivity contribution in [3.8, 4) is 22.6 Å². The Balaban J connectivity index is 2.14. The lowest BCUT2D eigenvalue weighted by Gasteiger charge is -2.07. The van der Waals surface area contributed by atoms with Gasteiger partial charge in [0.15, 0.2) is 5.82 Å². The molecule has 0 fully saturated rings. The molecule has 0 unspecified atom stereocenters. The standard InChI is InChI=1S/C17H14FN3/c1-11-7-13(9-14(18)8-11)15-10-16(19)21-17(20-15)12-5-3-2-4-6-12/h2-10H,1H3,(H2,19,20,21). The molecule has 1 heterocycles. The summed E-state index contributed by atoms with van der Waals surface area (Å²) in [5.74, 6) is 0.608. The van der Waals surface area contributed by atoms with E-state index in [1.165, 1.54) is 12.1 Å². The highest BCUT2D eigenvalue weighted by Gasteiger charge is 2.08. The summed E-state index contributed by atoms with van der Waals surface area (Å²) >= 11 is 0. The number of anilines is 1. The van der Waals surface area contributed by atoms with Crippen LogP contribution in [0.25, 0.3) is 22.6 Å². The van der Waals surface area contributed by atoms with Gasteiger partial charge in [-0.1, -0.05) is 30.3 Å². The lowest BCUT2D eigenvalue weighted by atomic mass is 10.1. The van der Waals surface area contributed by atoms with Gasteiger partial charge in [-0.2, -0.15) is 0 Å². The molecule has 0 aliphatic heterocycles. The lowest BCUT2D eigenvalue weighted by Crippen LogP contribution is -1.98. The van der Waals surface area contributed by atoms with Crippen LogP contribution in [0.1, 0.15) is 5.56 Å². The zero-order valence-corrected chi connectivity index (χ0v) is 11.5. The number of halogens is 1. The molecule has 3 nitrogen and oxygen atoms in total. The van der Waals surface area contributed by atoms with Crippen molar-refractivity contribution in [1.29, 1.82) is 0 Å². The van der Waals surface area contributed by atoms with Crippen LogP contribution in [0, 0.1) is 12.7 Å². The molecule has 3 rings (SSSR count). The Morgan fingerprint density at radius 3 is 2.38 bits per heavy atom. The van der Waals surface area contributed by atoms with Crippen molar-refractivity contribution in [3.05, 3.63) is 66.0 Å². The second kappa shape index (κ2) is 5.32. The first-order valence-corrected chi connectivity index (χ1v) is 6.59. The van der Waals surface area contributed by atoms with Gasteiger partial charge in [-0.15, -0.1) is 0 Å². The molecule has 0 radical (unpaired) electrons. The molecule has 1 aromatic heterocycles. The van der Waals surface area contributed by atoms with Crippen LogP contribution >= 0.6 is 0 Å². The fourth-order valence-corrected chi connectivity index (χ4v) is 2.21. The van der Waals surface area contributed by atoms with E-state index in [1.807, 2.05) is 43.3 Å². The van der Waals surface area contributed by atoms with Crippen molar-refractivity contribution in [2.24, 2.45) is 0 Å². The summed E-state index contributed by atoms with van der Waals surface area (Å²) in [6, 6.07) is 16.0. The van der Waals surface area contributed by atoms with E-state index in [-0.39, 0.29) is 5.82 Å². The molecule has 0 spiro atoms. The summed E-state index contributed by atoms with van der Waals surface area (Å²) in [4.78, 5) is 8.75. The van der Waals surface area contributed by atoms with Crippen molar-refractivity contribution in [3.63, 3.8) is 0 Å². The summed E-state index contributed by atoms with van der Waals surface area (Å²) in [6.07, 6.45) is 0. The maximum Gasteiger partial charge on any atom is 0.162 e. The van der Waals surface area contributed by atoms with E-state index in [0.717, 1.165) is 11.1 Å². The highest BCUT2D eigenvalue weighted by atomic mass is 19.1. The van der Waals surface area contributed by atoms with Gasteiger partial charge in [0.05, 0.1) is 5.69 Å². The minimum atomic E-state index is -0.288. The molecular formula is C17H14FN3. The number of nitrogens with two attached hydrogens (primary N) is 1. The van der Waals surface area contributed by atoms with Gasteiger partial charge in [-0.25, -0.2) is 14.4 Å². The molecule has 2 aromatic carbocycles. The molecule has 2 N–H and O–H groups in total. The van der Waals surface area contributed by atoms with E-state index >= 15 is 0 Å². The van der Waals surface area contributed by atoms with Gasteiger partial charge in [-0.05, 0) is 30.7 Å². The third kappa shape index (κ3) is 2.89. The molecule has 4 heteroatoms. The van der Waals surface area contributed by atoms with Crippen molar-refractivity contribution < 1.29 is 4.39 Å². The van der Waals surface area contributed by atoms with Crippen LogP contribution in [0.15, 0.2) is 54.6 Å². The van der Waals surface area contributed by atoms with E-state index in [1.54, 1.807) is 6.07 Å². The predicted molar refractivity (Wildman–Crippen MR) is 82.0 cm³/mol. The molecule has 3 aromatic rings. The number of nitrogens with zero attached hydrogens (tertiary/aromatic N) is 2. The van der Waals surface area contributed by atoms with Crippen LogP contribution in [-0.2, 0) is 0 Å². The van der Waals surface area contributed by atoms with Crippen molar-refractivity contribution >= 4 is 5.82 Å². The number of aromatic nitrogens is 2. The Morgan fingerprint density at radius 2 is 1.67 bits per heavy atom. The molecule has 104 valence electrons. The number of benzene rings is 2. The first-order valence-electron chi connectivity index (χ1n) is 6.59. The SMILES string of the molecule is Cc1cc(F)cc(-c2cc(N)nc(-c3ccccc3)n2)c1. The van der Waals surface area contributed by atoms with Crippen molar-refractivity contribution in [1.82, 2.24) is 9.97 Å². The first kappa shape index (κ1) is 13.2. The van der Waals surface area contributed by atoms with Gasteiger partial charge in [-0.3, -0.25) is 0 Å². The zero-order valence-electron chi connectivity index (χ0n) is 11.5. The van der Waals surface area contributed by atoms with Crippen LogP contribution in [0.3, 0.4) is 0 Å². The van der Waals surface area contributed by atoms with Gasteiger partial charge in [0.25, 0.3) is 0 Å². The monoisotopic (exact) mass is 279 g/mol. The largest absolute Gasteiger partial charge is 0.384 e. The summed E-state index contributed by atoms with van der Waals surface area (Å²) in [7, 11) is 0. The highest BCUT2D eigenvalue weighted by molar-refractivity contribution is 5.67. The predicted octanol–water partition coefficient (Wildman–Crippen LogP) is 3.84. The number of rotatable bonds is 2. The van der Waals surface area contributed by atoms with Crippen LogP contribution < -0.4 is 5.73 Å². The van der Waals surface area contributed by atoms with E-state index in [0.29, 0.717) is 22.9 Å². The third-order valence-electron chi connectivity index (χ3n) is 3.12.